The van der Waals surface area contributed by atoms with Crippen molar-refractivity contribution < 1.29 is 4.79 Å². The number of hydrogen-bond acceptors (Lipinski definition) is 6. The van der Waals surface area contributed by atoms with Crippen LogP contribution < -0.4 is 5.43 Å². The van der Waals surface area contributed by atoms with Gasteiger partial charge < -0.3 is 0 Å². The Labute approximate surface area is 209 Å². The molecule has 4 rings (SSSR count). The Morgan fingerprint density at radius 3 is 2.34 bits per heavy atom. The Balaban J connectivity index is 1.55. The molecule has 0 aliphatic rings. The molecule has 8 heteroatoms. The van der Waals surface area contributed by atoms with Crippen LogP contribution >= 0.6 is 11.8 Å². The lowest BCUT2D eigenvalue weighted by molar-refractivity contribution is -0.118. The molecule has 0 unspecified atom stereocenters. The zero-order valence-electron chi connectivity index (χ0n) is 20.3. The van der Waals surface area contributed by atoms with Crippen LogP contribution in [0.25, 0.3) is 17.1 Å². The number of aryl methyl sites for hydroxylation is 1. The van der Waals surface area contributed by atoms with Gasteiger partial charge in [0.1, 0.15) is 0 Å². The topological polar surface area (TPSA) is 85.1 Å². The highest BCUT2D eigenvalue weighted by atomic mass is 32.2. The van der Waals surface area contributed by atoms with E-state index in [1.54, 1.807) is 18.6 Å². The third kappa shape index (κ3) is 6.22. The predicted molar refractivity (Wildman–Crippen MR) is 141 cm³/mol. The summed E-state index contributed by atoms with van der Waals surface area (Å²) in [5.41, 5.74) is 7.80. The summed E-state index contributed by atoms with van der Waals surface area (Å²) in [4.78, 5) is 16.4. The number of benzene rings is 2. The quantitative estimate of drug-likeness (QED) is 0.222. The molecule has 2 heterocycles. The average Bonchev–Trinajstić information content (AvgIpc) is 3.27. The lowest BCUT2D eigenvalue weighted by Crippen LogP contribution is -2.20. The first-order valence-corrected chi connectivity index (χ1v) is 12.3. The first-order chi connectivity index (χ1) is 16.8. The molecule has 1 N–H and O–H groups in total. The van der Waals surface area contributed by atoms with Crippen molar-refractivity contribution in [2.24, 2.45) is 5.10 Å². The number of pyridine rings is 1. The van der Waals surface area contributed by atoms with E-state index in [2.05, 4.69) is 89.8 Å². The molecule has 0 aliphatic heterocycles. The van der Waals surface area contributed by atoms with E-state index in [9.17, 15) is 4.79 Å². The first-order valence-electron chi connectivity index (χ1n) is 11.3. The summed E-state index contributed by atoms with van der Waals surface area (Å²) >= 11 is 1.32. The summed E-state index contributed by atoms with van der Waals surface area (Å²) in [6.45, 7) is 8.63. The monoisotopic (exact) mass is 484 g/mol. The number of aromatic nitrogens is 4. The van der Waals surface area contributed by atoms with Gasteiger partial charge in [-0.3, -0.25) is 14.3 Å². The lowest BCUT2D eigenvalue weighted by Gasteiger charge is -2.19. The SMILES string of the molecule is Cc1ccc(-n2c(SCC(=O)N/N=C\c3ccncc3)nnc2-c2ccc(C(C)(C)C)cc2)cc1. The van der Waals surface area contributed by atoms with Crippen LogP contribution in [0.2, 0.25) is 0 Å². The summed E-state index contributed by atoms with van der Waals surface area (Å²) in [6, 6.07) is 20.2. The highest BCUT2D eigenvalue weighted by Gasteiger charge is 2.19. The summed E-state index contributed by atoms with van der Waals surface area (Å²) < 4.78 is 1.99. The minimum Gasteiger partial charge on any atom is -0.272 e. The van der Waals surface area contributed by atoms with E-state index in [0.29, 0.717) is 5.16 Å². The molecule has 4 aromatic rings. The maximum atomic E-state index is 12.4. The lowest BCUT2D eigenvalue weighted by atomic mass is 9.87. The van der Waals surface area contributed by atoms with Gasteiger partial charge in [-0.25, -0.2) is 5.43 Å². The minimum atomic E-state index is -0.227. The largest absolute Gasteiger partial charge is 0.272 e. The zero-order chi connectivity index (χ0) is 24.8. The van der Waals surface area contributed by atoms with Gasteiger partial charge in [-0.1, -0.05) is 74.5 Å². The molecule has 0 bridgehead atoms. The van der Waals surface area contributed by atoms with Crippen molar-refractivity contribution in [1.82, 2.24) is 25.2 Å². The molecule has 0 atom stereocenters. The molecule has 0 fully saturated rings. The molecule has 178 valence electrons. The fourth-order valence-electron chi connectivity index (χ4n) is 3.39. The molecule has 2 aromatic carbocycles. The maximum absolute atomic E-state index is 12.4. The van der Waals surface area contributed by atoms with Crippen molar-refractivity contribution in [3.63, 3.8) is 0 Å². The van der Waals surface area contributed by atoms with E-state index in [0.717, 1.165) is 22.6 Å². The third-order valence-corrected chi connectivity index (χ3v) is 6.30. The number of carbonyl (C=O) groups excluding carboxylic acids is 1. The second-order valence-corrected chi connectivity index (χ2v) is 10.1. The molecular formula is C27H28N6OS. The van der Waals surface area contributed by atoms with Gasteiger partial charge in [-0.2, -0.15) is 5.10 Å². The van der Waals surface area contributed by atoms with Gasteiger partial charge in [0.25, 0.3) is 5.91 Å². The molecule has 2 aromatic heterocycles. The molecule has 0 aliphatic carbocycles. The van der Waals surface area contributed by atoms with Crippen molar-refractivity contribution in [2.45, 2.75) is 38.3 Å². The number of nitrogens with zero attached hydrogens (tertiary/aromatic N) is 5. The number of hydrogen-bond donors (Lipinski definition) is 1. The highest BCUT2D eigenvalue weighted by molar-refractivity contribution is 7.99. The van der Waals surface area contributed by atoms with E-state index in [1.807, 2.05) is 28.8 Å². The summed E-state index contributed by atoms with van der Waals surface area (Å²) in [5.74, 6) is 0.656. The highest BCUT2D eigenvalue weighted by Crippen LogP contribution is 2.30. The van der Waals surface area contributed by atoms with Crippen molar-refractivity contribution in [3.8, 4) is 17.1 Å². The van der Waals surface area contributed by atoms with Crippen LogP contribution in [-0.2, 0) is 10.2 Å². The van der Waals surface area contributed by atoms with E-state index < -0.39 is 0 Å². The summed E-state index contributed by atoms with van der Waals surface area (Å²) in [6.07, 6.45) is 4.93. The molecule has 0 saturated carbocycles. The predicted octanol–water partition coefficient (Wildman–Crippen LogP) is 5.18. The second kappa shape index (κ2) is 10.7. The Morgan fingerprint density at radius 1 is 1.00 bits per heavy atom. The van der Waals surface area contributed by atoms with Crippen molar-refractivity contribution >= 4 is 23.9 Å². The Hall–Kier alpha value is -3.78. The molecular weight excluding hydrogens is 456 g/mol. The average molecular weight is 485 g/mol. The number of carbonyl (C=O) groups is 1. The molecule has 35 heavy (non-hydrogen) atoms. The van der Waals surface area contributed by atoms with Gasteiger partial charge in [0.15, 0.2) is 11.0 Å². The van der Waals surface area contributed by atoms with Crippen LogP contribution in [-0.4, -0.2) is 37.6 Å². The number of nitrogens with one attached hydrogen (secondary N) is 1. The first kappa shape index (κ1) is 24.3. The van der Waals surface area contributed by atoms with Crippen LogP contribution in [0.4, 0.5) is 0 Å². The van der Waals surface area contributed by atoms with E-state index in [4.69, 9.17) is 0 Å². The number of rotatable bonds is 7. The van der Waals surface area contributed by atoms with E-state index in [1.165, 1.54) is 22.9 Å². The fourth-order valence-corrected chi connectivity index (χ4v) is 4.13. The fraction of sp³-hybridized carbons (Fsp3) is 0.222. The van der Waals surface area contributed by atoms with Gasteiger partial charge in [-0.15, -0.1) is 10.2 Å². The van der Waals surface area contributed by atoms with E-state index >= 15 is 0 Å². The van der Waals surface area contributed by atoms with Crippen LogP contribution in [0.5, 0.6) is 0 Å². The van der Waals surface area contributed by atoms with Gasteiger partial charge >= 0.3 is 0 Å². The molecule has 0 saturated heterocycles. The number of hydrazone groups is 1. The zero-order valence-corrected chi connectivity index (χ0v) is 21.1. The van der Waals surface area contributed by atoms with Crippen LogP contribution in [0, 0.1) is 6.92 Å². The molecule has 1 amide bonds. The molecule has 7 nitrogen and oxygen atoms in total. The smallest absolute Gasteiger partial charge is 0.250 e. The maximum Gasteiger partial charge on any atom is 0.250 e. The Kier molecular flexibility index (Phi) is 7.41. The second-order valence-electron chi connectivity index (χ2n) is 9.17. The van der Waals surface area contributed by atoms with Gasteiger partial charge in [-0.05, 0) is 47.7 Å². The van der Waals surface area contributed by atoms with Crippen LogP contribution in [0.3, 0.4) is 0 Å². The van der Waals surface area contributed by atoms with Crippen molar-refractivity contribution in [2.75, 3.05) is 5.75 Å². The molecule has 0 spiro atoms. The van der Waals surface area contributed by atoms with Crippen molar-refractivity contribution in [1.29, 1.82) is 0 Å². The van der Waals surface area contributed by atoms with Gasteiger partial charge in [0.2, 0.25) is 0 Å². The summed E-state index contributed by atoms with van der Waals surface area (Å²) in [7, 11) is 0. The van der Waals surface area contributed by atoms with Crippen LogP contribution in [0.15, 0.2) is 83.3 Å². The third-order valence-electron chi connectivity index (χ3n) is 5.38. The number of amides is 1. The Morgan fingerprint density at radius 2 is 1.69 bits per heavy atom. The van der Waals surface area contributed by atoms with Gasteiger partial charge in [0.05, 0.1) is 12.0 Å². The standard InChI is InChI=1S/C27H28N6OS/c1-19-5-11-23(12-6-19)33-25(21-7-9-22(10-8-21)27(2,3)4)31-32-26(33)35-18-24(34)30-29-17-20-13-15-28-16-14-20/h5-17H,18H2,1-4H3,(H,30,34)/b29-17-. The minimum absolute atomic E-state index is 0.0669. The van der Waals surface area contributed by atoms with Gasteiger partial charge in [0, 0.05) is 23.6 Å². The normalized spacial score (nSPS) is 11.7. The Bertz CT molecular complexity index is 1310. The molecule has 0 radical (unpaired) electrons. The number of thioether (sulfide) groups is 1. The van der Waals surface area contributed by atoms with E-state index in [-0.39, 0.29) is 17.1 Å². The summed E-state index contributed by atoms with van der Waals surface area (Å²) in [5, 5.41) is 13.5. The van der Waals surface area contributed by atoms with Crippen molar-refractivity contribution in [3.05, 3.63) is 89.7 Å². The van der Waals surface area contributed by atoms with Crippen LogP contribution in [0.1, 0.15) is 37.5 Å².